The van der Waals surface area contributed by atoms with E-state index in [2.05, 4.69) is 30.5 Å². The third-order valence-corrected chi connectivity index (χ3v) is 4.42. The third kappa shape index (κ3) is 4.76. The van der Waals surface area contributed by atoms with Crippen LogP contribution in [0.3, 0.4) is 0 Å². The summed E-state index contributed by atoms with van der Waals surface area (Å²) in [5.41, 5.74) is 5.81. The fourth-order valence-corrected chi connectivity index (χ4v) is 3.35. The van der Waals surface area contributed by atoms with Crippen molar-refractivity contribution < 1.29 is 0 Å². The van der Waals surface area contributed by atoms with Gasteiger partial charge in [-0.05, 0) is 37.1 Å². The molecule has 1 aromatic heterocycles. The lowest BCUT2D eigenvalue weighted by atomic mass is 10.0. The van der Waals surface area contributed by atoms with Crippen molar-refractivity contribution in [3.05, 3.63) is 0 Å². The van der Waals surface area contributed by atoms with Crippen molar-refractivity contribution in [2.24, 2.45) is 5.92 Å². The number of hydrogen-bond acceptors (Lipinski definition) is 5. The van der Waals surface area contributed by atoms with Gasteiger partial charge < -0.3 is 11.1 Å². The predicted molar refractivity (Wildman–Crippen MR) is 80.1 cm³/mol. The second-order valence-electron chi connectivity index (χ2n) is 4.80. The van der Waals surface area contributed by atoms with Crippen LogP contribution in [-0.4, -0.2) is 16.7 Å². The number of thioether (sulfide) groups is 1. The van der Waals surface area contributed by atoms with Crippen LogP contribution >= 0.6 is 23.3 Å². The Kier molecular flexibility index (Phi) is 6.12. The SMILES string of the molecule is CSc1c(N)nsc1NC(C)CCCC(C)C. The Morgan fingerprint density at radius 1 is 1.35 bits per heavy atom. The standard InChI is InChI=1S/C12H23N3S2/c1-8(2)6-5-7-9(3)14-12-10(16-4)11(13)15-17-12/h8-9,14H,5-7H2,1-4H3,(H2,13,15). The van der Waals surface area contributed by atoms with Gasteiger partial charge in [0.05, 0.1) is 4.90 Å². The Morgan fingerprint density at radius 2 is 2.06 bits per heavy atom. The van der Waals surface area contributed by atoms with Crippen LogP contribution in [0.15, 0.2) is 4.90 Å². The van der Waals surface area contributed by atoms with Gasteiger partial charge in [-0.1, -0.05) is 26.7 Å². The number of nitrogen functional groups attached to an aromatic ring is 1. The van der Waals surface area contributed by atoms with Crippen molar-refractivity contribution >= 4 is 34.1 Å². The van der Waals surface area contributed by atoms with E-state index in [-0.39, 0.29) is 0 Å². The van der Waals surface area contributed by atoms with Crippen LogP contribution in [0.25, 0.3) is 0 Å². The molecule has 0 saturated heterocycles. The van der Waals surface area contributed by atoms with Gasteiger partial charge in [0.2, 0.25) is 0 Å². The zero-order chi connectivity index (χ0) is 12.8. The number of aromatic nitrogens is 1. The number of anilines is 2. The van der Waals surface area contributed by atoms with Crippen molar-refractivity contribution in [1.29, 1.82) is 0 Å². The van der Waals surface area contributed by atoms with Gasteiger partial charge in [0.25, 0.3) is 0 Å². The van der Waals surface area contributed by atoms with E-state index in [9.17, 15) is 0 Å². The van der Waals surface area contributed by atoms with Crippen molar-refractivity contribution in [3.8, 4) is 0 Å². The van der Waals surface area contributed by atoms with E-state index in [1.165, 1.54) is 30.8 Å². The van der Waals surface area contributed by atoms with Crippen LogP contribution in [0.4, 0.5) is 10.8 Å². The molecule has 1 heterocycles. The molecule has 0 spiro atoms. The third-order valence-electron chi connectivity index (χ3n) is 2.67. The van der Waals surface area contributed by atoms with Gasteiger partial charge in [0, 0.05) is 6.04 Å². The summed E-state index contributed by atoms with van der Waals surface area (Å²) < 4.78 is 4.19. The van der Waals surface area contributed by atoms with Gasteiger partial charge >= 0.3 is 0 Å². The highest BCUT2D eigenvalue weighted by molar-refractivity contribution is 7.99. The molecule has 1 unspecified atom stereocenters. The summed E-state index contributed by atoms with van der Waals surface area (Å²) in [7, 11) is 0. The molecule has 0 saturated carbocycles. The molecule has 1 rings (SSSR count). The zero-order valence-electron chi connectivity index (χ0n) is 11.1. The molecule has 17 heavy (non-hydrogen) atoms. The molecular weight excluding hydrogens is 250 g/mol. The maximum absolute atomic E-state index is 5.81. The van der Waals surface area contributed by atoms with Gasteiger partial charge in [-0.2, -0.15) is 4.37 Å². The summed E-state index contributed by atoms with van der Waals surface area (Å²) >= 11 is 3.12. The highest BCUT2D eigenvalue weighted by Gasteiger charge is 2.12. The molecule has 98 valence electrons. The average Bonchev–Trinajstić information content (AvgIpc) is 2.58. The molecule has 0 radical (unpaired) electrons. The second-order valence-corrected chi connectivity index (χ2v) is 6.39. The predicted octanol–water partition coefficient (Wildman–Crippen LogP) is 4.07. The maximum Gasteiger partial charge on any atom is 0.153 e. The topological polar surface area (TPSA) is 50.9 Å². The number of nitrogens with two attached hydrogens (primary N) is 1. The first-order valence-corrected chi connectivity index (χ1v) is 8.10. The van der Waals surface area contributed by atoms with Crippen LogP contribution in [0.1, 0.15) is 40.0 Å². The first-order chi connectivity index (χ1) is 8.04. The van der Waals surface area contributed by atoms with Crippen molar-refractivity contribution in [1.82, 2.24) is 4.37 Å². The lowest BCUT2D eigenvalue weighted by Crippen LogP contribution is -2.14. The van der Waals surface area contributed by atoms with E-state index in [4.69, 9.17) is 5.73 Å². The normalized spacial score (nSPS) is 13.0. The van der Waals surface area contributed by atoms with E-state index in [1.807, 2.05) is 6.26 Å². The molecule has 0 bridgehead atoms. The Labute approximate surface area is 113 Å². The second kappa shape index (κ2) is 7.11. The lowest BCUT2D eigenvalue weighted by molar-refractivity contribution is 0.520. The maximum atomic E-state index is 5.81. The van der Waals surface area contributed by atoms with Crippen molar-refractivity contribution in [2.45, 2.75) is 51.0 Å². The van der Waals surface area contributed by atoms with Crippen molar-refractivity contribution in [2.75, 3.05) is 17.3 Å². The van der Waals surface area contributed by atoms with Crippen LogP contribution in [0.5, 0.6) is 0 Å². The molecule has 0 aliphatic heterocycles. The molecule has 3 N–H and O–H groups in total. The molecule has 3 nitrogen and oxygen atoms in total. The fraction of sp³-hybridized carbons (Fsp3) is 0.750. The zero-order valence-corrected chi connectivity index (χ0v) is 12.8. The minimum absolute atomic E-state index is 0.486. The fourth-order valence-electron chi connectivity index (χ4n) is 1.71. The van der Waals surface area contributed by atoms with Gasteiger partial charge in [-0.3, -0.25) is 0 Å². The largest absolute Gasteiger partial charge is 0.382 e. The Hall–Kier alpha value is -0.420. The summed E-state index contributed by atoms with van der Waals surface area (Å²) in [5.74, 6) is 1.45. The molecule has 5 heteroatoms. The Morgan fingerprint density at radius 3 is 2.65 bits per heavy atom. The minimum atomic E-state index is 0.486. The molecule has 0 amide bonds. The van der Waals surface area contributed by atoms with Gasteiger partial charge in [0.15, 0.2) is 5.82 Å². The highest BCUT2D eigenvalue weighted by atomic mass is 32.2. The Bertz CT molecular complexity index is 336. The van der Waals surface area contributed by atoms with E-state index < -0.39 is 0 Å². The molecule has 1 aromatic rings. The molecule has 0 aliphatic rings. The smallest absolute Gasteiger partial charge is 0.153 e. The summed E-state index contributed by atoms with van der Waals surface area (Å²) in [6.45, 7) is 6.77. The summed E-state index contributed by atoms with van der Waals surface area (Å²) in [4.78, 5) is 1.09. The van der Waals surface area contributed by atoms with Crippen LogP contribution in [0, 0.1) is 5.92 Å². The molecule has 0 aliphatic carbocycles. The number of hydrogen-bond donors (Lipinski definition) is 2. The molecule has 0 aromatic carbocycles. The van der Waals surface area contributed by atoms with Crippen LogP contribution in [-0.2, 0) is 0 Å². The lowest BCUT2D eigenvalue weighted by Gasteiger charge is -2.15. The molecule has 0 fully saturated rings. The van der Waals surface area contributed by atoms with E-state index in [1.54, 1.807) is 11.8 Å². The number of nitrogens with one attached hydrogen (secondary N) is 1. The minimum Gasteiger partial charge on any atom is -0.382 e. The van der Waals surface area contributed by atoms with Gasteiger partial charge in [-0.25, -0.2) is 0 Å². The summed E-state index contributed by atoms with van der Waals surface area (Å²) in [6.07, 6.45) is 5.81. The number of nitrogens with zero attached hydrogens (tertiary/aromatic N) is 1. The average molecular weight is 273 g/mol. The summed E-state index contributed by atoms with van der Waals surface area (Å²) in [5, 5.41) is 4.63. The first kappa shape index (κ1) is 14.6. The highest BCUT2D eigenvalue weighted by Crippen LogP contribution is 2.35. The number of rotatable bonds is 7. The Balaban J connectivity index is 2.42. The van der Waals surface area contributed by atoms with E-state index >= 15 is 0 Å². The quantitative estimate of drug-likeness (QED) is 0.735. The van der Waals surface area contributed by atoms with Crippen molar-refractivity contribution in [3.63, 3.8) is 0 Å². The van der Waals surface area contributed by atoms with Crippen LogP contribution < -0.4 is 11.1 Å². The van der Waals surface area contributed by atoms with Gasteiger partial charge in [-0.15, -0.1) is 11.8 Å². The summed E-state index contributed by atoms with van der Waals surface area (Å²) in [6, 6.07) is 0.486. The van der Waals surface area contributed by atoms with Gasteiger partial charge in [0.1, 0.15) is 5.00 Å². The van der Waals surface area contributed by atoms with E-state index in [0.29, 0.717) is 11.9 Å². The first-order valence-electron chi connectivity index (χ1n) is 6.10. The van der Waals surface area contributed by atoms with Crippen LogP contribution in [0.2, 0.25) is 0 Å². The monoisotopic (exact) mass is 273 g/mol. The molecular formula is C12H23N3S2. The van der Waals surface area contributed by atoms with E-state index in [0.717, 1.165) is 15.8 Å². The molecule has 1 atom stereocenters.